The number of rotatable bonds is 3. The van der Waals surface area contributed by atoms with Crippen molar-refractivity contribution in [2.45, 2.75) is 25.8 Å². The summed E-state index contributed by atoms with van der Waals surface area (Å²) in [6.45, 7) is 5.19. The SMILES string of the molecule is CCNC1CCCN(c2ccnc3[nH]c4cnc(C#N)cc4c23)C1. The monoisotopic (exact) mass is 320 g/mol. The fourth-order valence-corrected chi connectivity index (χ4v) is 3.68. The highest BCUT2D eigenvalue weighted by molar-refractivity contribution is 6.12. The highest BCUT2D eigenvalue weighted by Gasteiger charge is 2.22. The number of anilines is 1. The Bertz CT molecular complexity index is 920. The lowest BCUT2D eigenvalue weighted by molar-refractivity contribution is 0.432. The van der Waals surface area contributed by atoms with E-state index in [9.17, 15) is 0 Å². The Morgan fingerprint density at radius 1 is 1.46 bits per heavy atom. The lowest BCUT2D eigenvalue weighted by atomic mass is 10.0. The number of likely N-dealkylation sites (N-methyl/N-ethyl adjacent to an activating group) is 1. The van der Waals surface area contributed by atoms with Gasteiger partial charge in [-0.3, -0.25) is 0 Å². The lowest BCUT2D eigenvalue weighted by Gasteiger charge is -2.35. The number of pyridine rings is 2. The summed E-state index contributed by atoms with van der Waals surface area (Å²) in [7, 11) is 0. The van der Waals surface area contributed by atoms with Gasteiger partial charge in [0.25, 0.3) is 0 Å². The van der Waals surface area contributed by atoms with Gasteiger partial charge in [0.05, 0.1) is 17.1 Å². The Morgan fingerprint density at radius 2 is 2.38 bits per heavy atom. The second kappa shape index (κ2) is 6.10. The summed E-state index contributed by atoms with van der Waals surface area (Å²) in [5, 5.41) is 14.8. The van der Waals surface area contributed by atoms with Gasteiger partial charge in [-0.25, -0.2) is 9.97 Å². The number of aromatic nitrogens is 3. The van der Waals surface area contributed by atoms with Gasteiger partial charge in [0.15, 0.2) is 0 Å². The Labute approximate surface area is 140 Å². The molecule has 3 aromatic heterocycles. The van der Waals surface area contributed by atoms with E-state index in [0.29, 0.717) is 11.7 Å². The second-order valence-electron chi connectivity index (χ2n) is 6.25. The fourth-order valence-electron chi connectivity index (χ4n) is 3.68. The molecule has 1 aliphatic heterocycles. The van der Waals surface area contributed by atoms with Crippen molar-refractivity contribution in [3.05, 3.63) is 30.2 Å². The maximum Gasteiger partial charge on any atom is 0.141 e. The zero-order valence-electron chi connectivity index (χ0n) is 13.7. The molecule has 6 nitrogen and oxygen atoms in total. The first-order valence-electron chi connectivity index (χ1n) is 8.45. The minimum Gasteiger partial charge on any atom is -0.369 e. The Morgan fingerprint density at radius 3 is 3.21 bits per heavy atom. The van der Waals surface area contributed by atoms with Crippen LogP contribution >= 0.6 is 0 Å². The van der Waals surface area contributed by atoms with Crippen LogP contribution in [0.1, 0.15) is 25.5 Å². The molecule has 1 fully saturated rings. The minimum absolute atomic E-state index is 0.433. The molecule has 1 atom stereocenters. The van der Waals surface area contributed by atoms with E-state index >= 15 is 0 Å². The molecule has 0 aromatic carbocycles. The van der Waals surface area contributed by atoms with Gasteiger partial charge in [-0.05, 0) is 31.5 Å². The van der Waals surface area contributed by atoms with E-state index in [0.717, 1.165) is 41.6 Å². The van der Waals surface area contributed by atoms with Gasteiger partial charge < -0.3 is 15.2 Å². The van der Waals surface area contributed by atoms with Crippen LogP contribution in [0.5, 0.6) is 0 Å². The van der Waals surface area contributed by atoms with E-state index in [1.54, 1.807) is 6.20 Å². The average Bonchev–Trinajstić information content (AvgIpc) is 3.00. The molecule has 0 bridgehead atoms. The van der Waals surface area contributed by atoms with Crippen LogP contribution in [0.4, 0.5) is 5.69 Å². The molecule has 24 heavy (non-hydrogen) atoms. The lowest BCUT2D eigenvalue weighted by Crippen LogP contribution is -2.45. The number of nitrogens with zero attached hydrogens (tertiary/aromatic N) is 4. The Kier molecular flexibility index (Phi) is 3.79. The Balaban J connectivity index is 1.84. The first-order valence-corrected chi connectivity index (χ1v) is 8.45. The summed E-state index contributed by atoms with van der Waals surface area (Å²) in [4.78, 5) is 14.4. The predicted molar refractivity (Wildman–Crippen MR) is 95.0 cm³/mol. The van der Waals surface area contributed by atoms with E-state index in [1.807, 2.05) is 12.3 Å². The van der Waals surface area contributed by atoms with Crippen molar-refractivity contribution in [2.24, 2.45) is 0 Å². The average molecular weight is 320 g/mol. The summed E-state index contributed by atoms with van der Waals surface area (Å²) < 4.78 is 0. The van der Waals surface area contributed by atoms with Gasteiger partial charge in [0.2, 0.25) is 0 Å². The van der Waals surface area contributed by atoms with Crippen molar-refractivity contribution < 1.29 is 0 Å². The smallest absolute Gasteiger partial charge is 0.141 e. The van der Waals surface area contributed by atoms with Gasteiger partial charge in [-0.1, -0.05) is 6.92 Å². The first-order chi connectivity index (χ1) is 11.8. The number of fused-ring (bicyclic) bond motifs is 3. The molecule has 0 aliphatic carbocycles. The summed E-state index contributed by atoms with van der Waals surface area (Å²) in [5.41, 5.74) is 3.39. The van der Waals surface area contributed by atoms with Crippen LogP contribution in [0.2, 0.25) is 0 Å². The maximum absolute atomic E-state index is 9.16. The highest BCUT2D eigenvalue weighted by atomic mass is 15.2. The van der Waals surface area contributed by atoms with Crippen LogP contribution in [0, 0.1) is 11.3 Å². The standard InChI is InChI=1S/C18H20N6/c1-2-20-12-4-3-7-24(11-12)16-5-6-21-18-17(16)14-8-13(9-19)22-10-15(14)23-18/h5-6,8,10,12,20H,2-4,7,11H2,1H3,(H,21,23). The molecule has 1 saturated heterocycles. The molecule has 4 heterocycles. The summed E-state index contributed by atoms with van der Waals surface area (Å²) in [6, 6.07) is 6.58. The van der Waals surface area contributed by atoms with Crippen molar-refractivity contribution in [1.29, 1.82) is 5.26 Å². The maximum atomic E-state index is 9.16. The van der Waals surface area contributed by atoms with Crippen LogP contribution in [-0.4, -0.2) is 40.6 Å². The van der Waals surface area contributed by atoms with Crippen LogP contribution < -0.4 is 10.2 Å². The van der Waals surface area contributed by atoms with E-state index in [2.05, 4.69) is 44.2 Å². The zero-order chi connectivity index (χ0) is 16.5. The molecule has 1 aliphatic rings. The van der Waals surface area contributed by atoms with Crippen molar-refractivity contribution in [3.63, 3.8) is 0 Å². The largest absolute Gasteiger partial charge is 0.369 e. The molecule has 122 valence electrons. The fraction of sp³-hybridized carbons (Fsp3) is 0.389. The number of H-pyrrole nitrogens is 1. The van der Waals surface area contributed by atoms with Crippen molar-refractivity contribution in [1.82, 2.24) is 20.3 Å². The number of hydrogen-bond acceptors (Lipinski definition) is 5. The quantitative estimate of drug-likeness (QED) is 0.775. The highest BCUT2D eigenvalue weighted by Crippen LogP contribution is 2.33. The molecule has 4 rings (SSSR count). The summed E-state index contributed by atoms with van der Waals surface area (Å²) in [6.07, 6.45) is 5.96. The molecule has 3 aromatic rings. The van der Waals surface area contributed by atoms with Gasteiger partial charge in [-0.15, -0.1) is 0 Å². The molecule has 0 spiro atoms. The van der Waals surface area contributed by atoms with E-state index in [-0.39, 0.29) is 0 Å². The third-order valence-electron chi connectivity index (χ3n) is 4.72. The van der Waals surface area contributed by atoms with Gasteiger partial charge in [-0.2, -0.15) is 5.26 Å². The first kappa shape index (κ1) is 14.9. The predicted octanol–water partition coefficient (Wildman–Crippen LogP) is 2.56. The van der Waals surface area contributed by atoms with E-state index < -0.39 is 0 Å². The number of nitriles is 1. The summed E-state index contributed by atoms with van der Waals surface area (Å²) in [5.74, 6) is 0. The third-order valence-corrected chi connectivity index (χ3v) is 4.72. The van der Waals surface area contributed by atoms with Gasteiger partial charge in [0.1, 0.15) is 17.4 Å². The normalized spacial score (nSPS) is 18.2. The molecule has 1 unspecified atom stereocenters. The molecule has 0 saturated carbocycles. The second-order valence-corrected chi connectivity index (χ2v) is 6.25. The molecule has 0 amide bonds. The van der Waals surface area contributed by atoms with Crippen molar-refractivity contribution >= 4 is 27.6 Å². The molecular weight excluding hydrogens is 300 g/mol. The molecule has 2 N–H and O–H groups in total. The number of nitrogens with one attached hydrogen (secondary N) is 2. The van der Waals surface area contributed by atoms with Crippen LogP contribution in [0.3, 0.4) is 0 Å². The summed E-state index contributed by atoms with van der Waals surface area (Å²) >= 11 is 0. The van der Waals surface area contributed by atoms with Crippen molar-refractivity contribution in [2.75, 3.05) is 24.5 Å². The van der Waals surface area contributed by atoms with E-state index in [4.69, 9.17) is 5.26 Å². The van der Waals surface area contributed by atoms with E-state index in [1.165, 1.54) is 18.5 Å². The zero-order valence-corrected chi connectivity index (χ0v) is 13.7. The van der Waals surface area contributed by atoms with Crippen LogP contribution in [-0.2, 0) is 0 Å². The molecule has 0 radical (unpaired) electrons. The Hall–Kier alpha value is -2.65. The number of aromatic amines is 1. The molecular formula is C18H20N6. The van der Waals surface area contributed by atoms with Crippen molar-refractivity contribution in [3.8, 4) is 6.07 Å². The molecule has 6 heteroatoms. The number of piperidine rings is 1. The third kappa shape index (κ3) is 2.47. The van der Waals surface area contributed by atoms with Gasteiger partial charge in [0, 0.05) is 36.4 Å². The van der Waals surface area contributed by atoms with Gasteiger partial charge >= 0.3 is 0 Å². The van der Waals surface area contributed by atoms with Crippen LogP contribution in [0.15, 0.2) is 24.5 Å². The topological polar surface area (TPSA) is 80.6 Å². The van der Waals surface area contributed by atoms with Crippen LogP contribution in [0.25, 0.3) is 21.9 Å². The minimum atomic E-state index is 0.433. The number of hydrogen-bond donors (Lipinski definition) is 2.